The Labute approximate surface area is 180 Å². The van der Waals surface area contributed by atoms with Crippen LogP contribution < -0.4 is 20.1 Å². The second-order valence-corrected chi connectivity index (χ2v) is 7.21. The van der Waals surface area contributed by atoms with E-state index in [2.05, 4.69) is 40.1 Å². The number of rotatable bonds is 5. The molecular formula is C18H23ClIN3O2S. The van der Waals surface area contributed by atoms with Gasteiger partial charge in [0.25, 0.3) is 0 Å². The standard InChI is InChI=1S/C18H22ClN3O2S.HI/c1-12(16-4-3-7-25-16)10-21-18(20-2)22-11-13-8-14(19)17-15(9-13)23-5-6-24-17;/h3-4,7-9,12H,5-6,10-11H2,1-2H3,(H2,20,21,22);1H. The quantitative estimate of drug-likeness (QED) is 0.361. The van der Waals surface area contributed by atoms with E-state index in [1.54, 1.807) is 18.4 Å². The summed E-state index contributed by atoms with van der Waals surface area (Å²) in [5, 5.41) is 9.34. The second kappa shape index (κ2) is 10.2. The van der Waals surface area contributed by atoms with Crippen LogP contribution in [0.25, 0.3) is 0 Å². The summed E-state index contributed by atoms with van der Waals surface area (Å²) in [5.41, 5.74) is 1.02. The summed E-state index contributed by atoms with van der Waals surface area (Å²) in [6.45, 7) is 4.70. The van der Waals surface area contributed by atoms with Crippen LogP contribution in [0.1, 0.15) is 23.3 Å². The highest BCUT2D eigenvalue weighted by Gasteiger charge is 2.16. The van der Waals surface area contributed by atoms with Crippen LogP contribution in [0, 0.1) is 0 Å². The molecule has 0 bridgehead atoms. The summed E-state index contributed by atoms with van der Waals surface area (Å²) in [6.07, 6.45) is 0. The topological polar surface area (TPSA) is 54.9 Å². The van der Waals surface area contributed by atoms with Gasteiger partial charge in [0.1, 0.15) is 13.2 Å². The van der Waals surface area contributed by atoms with E-state index in [9.17, 15) is 0 Å². The van der Waals surface area contributed by atoms with E-state index in [-0.39, 0.29) is 24.0 Å². The molecule has 1 unspecified atom stereocenters. The van der Waals surface area contributed by atoms with Gasteiger partial charge < -0.3 is 20.1 Å². The van der Waals surface area contributed by atoms with Crippen molar-refractivity contribution in [1.29, 1.82) is 0 Å². The van der Waals surface area contributed by atoms with E-state index in [0.29, 0.717) is 42.2 Å². The number of benzene rings is 1. The average molecular weight is 508 g/mol. The molecule has 1 aliphatic rings. The van der Waals surface area contributed by atoms with Gasteiger partial charge in [-0.3, -0.25) is 4.99 Å². The molecular weight excluding hydrogens is 485 g/mol. The molecule has 0 saturated heterocycles. The Balaban J connectivity index is 0.00000243. The molecule has 26 heavy (non-hydrogen) atoms. The Morgan fingerprint density at radius 3 is 2.85 bits per heavy atom. The molecule has 5 nitrogen and oxygen atoms in total. The molecule has 0 spiro atoms. The maximum atomic E-state index is 6.28. The first kappa shape index (κ1) is 21.1. The number of nitrogens with zero attached hydrogens (tertiary/aromatic N) is 1. The molecule has 1 aromatic heterocycles. The van der Waals surface area contributed by atoms with Gasteiger partial charge in [-0.2, -0.15) is 0 Å². The predicted molar refractivity (Wildman–Crippen MR) is 119 cm³/mol. The van der Waals surface area contributed by atoms with Crippen molar-refractivity contribution in [2.45, 2.75) is 19.4 Å². The van der Waals surface area contributed by atoms with Crippen LogP contribution in [0.15, 0.2) is 34.6 Å². The number of ether oxygens (including phenoxy) is 2. The molecule has 8 heteroatoms. The summed E-state index contributed by atoms with van der Waals surface area (Å²) < 4.78 is 11.2. The van der Waals surface area contributed by atoms with Gasteiger partial charge in [-0.1, -0.05) is 24.6 Å². The normalized spacial score (nSPS) is 14.3. The Morgan fingerprint density at radius 1 is 1.31 bits per heavy atom. The lowest BCUT2D eigenvalue weighted by molar-refractivity contribution is 0.171. The Bertz CT molecular complexity index is 740. The zero-order chi connectivity index (χ0) is 17.6. The van der Waals surface area contributed by atoms with E-state index >= 15 is 0 Å². The fraction of sp³-hybridized carbons (Fsp3) is 0.389. The molecule has 0 fully saturated rings. The van der Waals surface area contributed by atoms with Crippen LogP contribution in [0.3, 0.4) is 0 Å². The molecule has 1 atom stereocenters. The van der Waals surface area contributed by atoms with Gasteiger partial charge in [0, 0.05) is 30.9 Å². The molecule has 142 valence electrons. The first-order valence-electron chi connectivity index (χ1n) is 8.23. The average Bonchev–Trinajstić information content (AvgIpc) is 3.16. The second-order valence-electron chi connectivity index (χ2n) is 5.82. The lowest BCUT2D eigenvalue weighted by atomic mass is 10.1. The third kappa shape index (κ3) is 5.40. The third-order valence-electron chi connectivity index (χ3n) is 3.94. The summed E-state index contributed by atoms with van der Waals surface area (Å²) in [5.74, 6) is 2.52. The Hall–Kier alpha value is -1.19. The smallest absolute Gasteiger partial charge is 0.191 e. The minimum Gasteiger partial charge on any atom is -0.486 e. The predicted octanol–water partition coefficient (Wildman–Crippen LogP) is 4.26. The molecule has 1 aliphatic heterocycles. The van der Waals surface area contributed by atoms with E-state index in [1.807, 2.05) is 12.1 Å². The van der Waals surface area contributed by atoms with Crippen LogP contribution in [-0.4, -0.2) is 32.8 Å². The highest BCUT2D eigenvalue weighted by Crippen LogP contribution is 2.38. The number of nitrogens with one attached hydrogen (secondary N) is 2. The molecule has 0 amide bonds. The minimum atomic E-state index is 0. The van der Waals surface area contributed by atoms with Gasteiger partial charge in [0.05, 0.1) is 5.02 Å². The van der Waals surface area contributed by atoms with Crippen molar-refractivity contribution >= 4 is 52.9 Å². The van der Waals surface area contributed by atoms with Crippen molar-refractivity contribution in [3.8, 4) is 11.5 Å². The number of hydrogen-bond acceptors (Lipinski definition) is 4. The number of aliphatic imine (C=N–C) groups is 1. The zero-order valence-electron chi connectivity index (χ0n) is 14.8. The molecule has 2 heterocycles. The van der Waals surface area contributed by atoms with Crippen LogP contribution in [0.4, 0.5) is 0 Å². The van der Waals surface area contributed by atoms with E-state index < -0.39 is 0 Å². The van der Waals surface area contributed by atoms with Crippen LogP contribution in [0.2, 0.25) is 5.02 Å². The molecule has 1 aromatic carbocycles. The summed E-state index contributed by atoms with van der Waals surface area (Å²) in [6, 6.07) is 8.08. The van der Waals surface area contributed by atoms with Gasteiger partial charge in [-0.25, -0.2) is 0 Å². The third-order valence-corrected chi connectivity index (χ3v) is 5.33. The van der Waals surface area contributed by atoms with E-state index in [0.717, 1.165) is 18.1 Å². The monoisotopic (exact) mass is 507 g/mol. The number of halogens is 2. The maximum absolute atomic E-state index is 6.28. The lowest BCUT2D eigenvalue weighted by Gasteiger charge is -2.21. The molecule has 0 saturated carbocycles. The SMILES string of the molecule is CN=C(NCc1cc(Cl)c2c(c1)OCCO2)NCC(C)c1cccs1.I. The van der Waals surface area contributed by atoms with Gasteiger partial charge in [-0.15, -0.1) is 35.3 Å². The highest BCUT2D eigenvalue weighted by molar-refractivity contribution is 14.0. The number of fused-ring (bicyclic) bond motifs is 1. The fourth-order valence-electron chi connectivity index (χ4n) is 2.59. The van der Waals surface area contributed by atoms with Gasteiger partial charge in [-0.05, 0) is 29.1 Å². The highest BCUT2D eigenvalue weighted by atomic mass is 127. The van der Waals surface area contributed by atoms with Gasteiger partial charge >= 0.3 is 0 Å². The summed E-state index contributed by atoms with van der Waals surface area (Å²) in [4.78, 5) is 5.64. The molecule has 2 aromatic rings. The molecule has 2 N–H and O–H groups in total. The lowest BCUT2D eigenvalue weighted by Crippen LogP contribution is -2.38. The minimum absolute atomic E-state index is 0. The fourth-order valence-corrected chi connectivity index (χ4v) is 3.67. The molecule has 0 radical (unpaired) electrons. The summed E-state index contributed by atoms with van der Waals surface area (Å²) in [7, 11) is 1.77. The van der Waals surface area contributed by atoms with Crippen LogP contribution >= 0.6 is 46.9 Å². The van der Waals surface area contributed by atoms with Crippen LogP contribution in [0.5, 0.6) is 11.5 Å². The van der Waals surface area contributed by atoms with Crippen molar-refractivity contribution < 1.29 is 9.47 Å². The number of hydrogen-bond donors (Lipinski definition) is 2. The van der Waals surface area contributed by atoms with Crippen molar-refractivity contribution in [3.05, 3.63) is 45.1 Å². The molecule has 0 aliphatic carbocycles. The first-order valence-corrected chi connectivity index (χ1v) is 9.49. The van der Waals surface area contributed by atoms with Crippen molar-refractivity contribution in [2.75, 3.05) is 26.8 Å². The largest absolute Gasteiger partial charge is 0.486 e. The van der Waals surface area contributed by atoms with Crippen molar-refractivity contribution in [3.63, 3.8) is 0 Å². The Kier molecular flexibility index (Phi) is 8.30. The number of thiophene rings is 1. The van der Waals surface area contributed by atoms with Crippen molar-refractivity contribution in [2.24, 2.45) is 4.99 Å². The zero-order valence-corrected chi connectivity index (χ0v) is 18.7. The van der Waals surface area contributed by atoms with Gasteiger partial charge in [0.15, 0.2) is 17.5 Å². The van der Waals surface area contributed by atoms with E-state index in [1.165, 1.54) is 4.88 Å². The summed E-state index contributed by atoms with van der Waals surface area (Å²) >= 11 is 8.05. The van der Waals surface area contributed by atoms with Crippen molar-refractivity contribution in [1.82, 2.24) is 10.6 Å². The number of guanidine groups is 1. The first-order chi connectivity index (χ1) is 12.2. The van der Waals surface area contributed by atoms with E-state index in [4.69, 9.17) is 21.1 Å². The Morgan fingerprint density at radius 2 is 2.12 bits per heavy atom. The maximum Gasteiger partial charge on any atom is 0.191 e. The van der Waals surface area contributed by atoms with Crippen LogP contribution in [-0.2, 0) is 6.54 Å². The molecule has 3 rings (SSSR count). The van der Waals surface area contributed by atoms with Gasteiger partial charge in [0.2, 0.25) is 0 Å².